The number of carbonyl (C=O) groups excluding carboxylic acids is 2. The van der Waals surface area contributed by atoms with Gasteiger partial charge in [0.15, 0.2) is 18.0 Å². The number of fused-ring (bicyclic) bond motifs is 1. The number of carboxylic acids is 1. The fourth-order valence-electron chi connectivity index (χ4n) is 3.98. The van der Waals surface area contributed by atoms with Gasteiger partial charge >= 0.3 is 5.97 Å². The third kappa shape index (κ3) is 4.85. The first kappa shape index (κ1) is 23.9. The van der Waals surface area contributed by atoms with E-state index in [1.807, 2.05) is 0 Å². The third-order valence-electron chi connectivity index (χ3n) is 5.72. The molecule has 0 aromatic heterocycles. The van der Waals surface area contributed by atoms with Crippen molar-refractivity contribution in [2.24, 2.45) is 0 Å². The van der Waals surface area contributed by atoms with E-state index in [9.17, 15) is 19.5 Å². The van der Waals surface area contributed by atoms with Crippen molar-refractivity contribution in [3.8, 4) is 11.5 Å². The van der Waals surface area contributed by atoms with Crippen molar-refractivity contribution >= 4 is 17.8 Å². The normalized spacial score (nSPS) is 19.1. The number of rotatable bonds is 9. The molecule has 1 fully saturated rings. The van der Waals surface area contributed by atoms with E-state index in [0.717, 1.165) is 0 Å². The van der Waals surface area contributed by atoms with Gasteiger partial charge in [0.1, 0.15) is 18.0 Å². The van der Waals surface area contributed by atoms with Crippen molar-refractivity contribution in [3.05, 3.63) is 71.1 Å². The van der Waals surface area contributed by atoms with Crippen LogP contribution in [-0.2, 0) is 32.2 Å². The van der Waals surface area contributed by atoms with Crippen LogP contribution in [0.4, 0.5) is 0 Å². The van der Waals surface area contributed by atoms with Gasteiger partial charge in [-0.05, 0) is 12.1 Å². The number of aliphatic carboxylic acids is 1. The predicted molar refractivity (Wildman–Crippen MR) is 121 cm³/mol. The highest BCUT2D eigenvalue weighted by Gasteiger charge is 2.55. The number of aliphatic hydroxyl groups is 1. The van der Waals surface area contributed by atoms with Gasteiger partial charge < -0.3 is 39.5 Å². The molecular formula is C24H25N3O8. The molecule has 0 bridgehead atoms. The zero-order chi connectivity index (χ0) is 25.1. The molecule has 2 aromatic carbocycles. The molecule has 0 aliphatic carbocycles. The third-order valence-corrected chi connectivity index (χ3v) is 5.72. The minimum atomic E-state index is -1.29. The first-order valence-electron chi connectivity index (χ1n) is 10.8. The Bertz CT molecular complexity index is 1180. The first-order chi connectivity index (χ1) is 16.8. The zero-order valence-electron chi connectivity index (χ0n) is 19.1. The van der Waals surface area contributed by atoms with E-state index in [4.69, 9.17) is 19.3 Å². The van der Waals surface area contributed by atoms with Crippen LogP contribution in [0.2, 0.25) is 0 Å². The molecule has 0 saturated carbocycles. The molecule has 184 valence electrons. The highest BCUT2D eigenvalue weighted by molar-refractivity contribution is 6.19. The summed E-state index contributed by atoms with van der Waals surface area (Å²) in [6, 6.07) is 14.2. The van der Waals surface area contributed by atoms with Gasteiger partial charge in [-0.15, -0.1) is 0 Å². The molecule has 2 aromatic rings. The Hall–Kier alpha value is -4.25. The lowest BCUT2D eigenvalue weighted by atomic mass is 10.1. The topological polar surface area (TPSA) is 141 Å². The van der Waals surface area contributed by atoms with E-state index in [1.54, 1.807) is 48.5 Å². The Labute approximate surface area is 201 Å². The van der Waals surface area contributed by atoms with Crippen LogP contribution >= 0.6 is 0 Å². The van der Waals surface area contributed by atoms with Gasteiger partial charge in [0.2, 0.25) is 5.88 Å². The van der Waals surface area contributed by atoms with Gasteiger partial charge in [0.05, 0.1) is 27.3 Å². The molecule has 2 aliphatic heterocycles. The minimum absolute atomic E-state index is 0.0372. The summed E-state index contributed by atoms with van der Waals surface area (Å²) < 4.78 is 16.5. The Morgan fingerprint density at radius 3 is 2.00 bits per heavy atom. The number of hydrogen-bond donors (Lipinski definition) is 3. The molecule has 35 heavy (non-hydrogen) atoms. The maximum absolute atomic E-state index is 13.5. The molecule has 4 rings (SSSR count). The summed E-state index contributed by atoms with van der Waals surface area (Å²) in [6.45, 7) is -0.608. The number of benzene rings is 2. The maximum Gasteiger partial charge on any atom is 0.322 e. The van der Waals surface area contributed by atoms with E-state index >= 15 is 0 Å². The summed E-state index contributed by atoms with van der Waals surface area (Å²) in [4.78, 5) is 40.1. The van der Waals surface area contributed by atoms with Crippen LogP contribution in [0.1, 0.15) is 11.1 Å². The van der Waals surface area contributed by atoms with E-state index in [2.05, 4.69) is 5.32 Å². The second-order valence-electron chi connectivity index (χ2n) is 7.88. The molecule has 2 aliphatic rings. The Balaban J connectivity index is 1.72. The van der Waals surface area contributed by atoms with Crippen LogP contribution in [0.5, 0.6) is 11.5 Å². The number of methoxy groups -OCH3 is 2. The summed E-state index contributed by atoms with van der Waals surface area (Å²) in [5, 5.41) is 22.2. The molecule has 1 saturated heterocycles. The maximum atomic E-state index is 13.5. The summed E-state index contributed by atoms with van der Waals surface area (Å²) in [7, 11) is 3.02. The first-order valence-corrected chi connectivity index (χ1v) is 10.8. The fraction of sp³-hybridized carbons (Fsp3) is 0.292. The molecular weight excluding hydrogens is 458 g/mol. The number of hydrogen-bond acceptors (Lipinski definition) is 8. The van der Waals surface area contributed by atoms with Gasteiger partial charge in [-0.1, -0.05) is 36.4 Å². The van der Waals surface area contributed by atoms with Crippen LogP contribution in [0.3, 0.4) is 0 Å². The molecule has 2 unspecified atom stereocenters. The van der Waals surface area contributed by atoms with Crippen LogP contribution in [-0.4, -0.2) is 71.0 Å². The van der Waals surface area contributed by atoms with Crippen LogP contribution in [0.25, 0.3) is 0 Å². The van der Waals surface area contributed by atoms with Gasteiger partial charge in [-0.2, -0.15) is 0 Å². The van der Waals surface area contributed by atoms with Crippen molar-refractivity contribution in [2.75, 3.05) is 20.8 Å². The average molecular weight is 483 g/mol. The van der Waals surface area contributed by atoms with Crippen LogP contribution < -0.4 is 14.8 Å². The van der Waals surface area contributed by atoms with Crippen molar-refractivity contribution in [1.29, 1.82) is 0 Å². The van der Waals surface area contributed by atoms with Gasteiger partial charge in [-0.25, -0.2) is 0 Å². The second kappa shape index (κ2) is 9.94. The molecule has 3 N–H and O–H groups in total. The molecule has 2 amide bonds. The second-order valence-corrected chi connectivity index (χ2v) is 7.88. The standard InChI is InChI=1S/C24H25N3O8/c1-33-16-9-5-3-7-14(16)12-26-21(31)19(20(30)25-11-18(28)29)22(32)27(24-23(26)35-24)13-15-8-4-6-10-17(15)34-2/h3-10,23-24,31H,11-13H2,1-2H3,(H,25,30)(H,28,29). The number of nitrogens with zero attached hydrogens (tertiary/aromatic N) is 2. The quantitative estimate of drug-likeness (QED) is 0.354. The highest BCUT2D eigenvalue weighted by Crippen LogP contribution is 2.39. The smallest absolute Gasteiger partial charge is 0.322 e. The Morgan fingerprint density at radius 1 is 0.943 bits per heavy atom. The number of amides is 2. The number of carbonyl (C=O) groups is 3. The molecule has 11 heteroatoms. The van der Waals surface area contributed by atoms with E-state index in [0.29, 0.717) is 22.6 Å². The van der Waals surface area contributed by atoms with Crippen molar-refractivity contribution in [1.82, 2.24) is 15.1 Å². The number of ether oxygens (including phenoxy) is 3. The number of nitrogens with one attached hydrogen (secondary N) is 1. The molecule has 11 nitrogen and oxygen atoms in total. The summed E-state index contributed by atoms with van der Waals surface area (Å²) in [5.74, 6) is -2.62. The predicted octanol–water partition coefficient (Wildman–Crippen LogP) is 1.20. The summed E-state index contributed by atoms with van der Waals surface area (Å²) in [6.07, 6.45) is -1.49. The highest BCUT2D eigenvalue weighted by atomic mass is 16.6. The molecule has 0 radical (unpaired) electrons. The summed E-state index contributed by atoms with van der Waals surface area (Å²) >= 11 is 0. The van der Waals surface area contributed by atoms with Crippen molar-refractivity contribution in [3.63, 3.8) is 0 Å². The Kier molecular flexibility index (Phi) is 6.78. The van der Waals surface area contributed by atoms with Gasteiger partial charge in [0, 0.05) is 11.1 Å². The minimum Gasteiger partial charge on any atom is -0.496 e. The molecule has 2 heterocycles. The Morgan fingerprint density at radius 2 is 1.46 bits per heavy atom. The monoisotopic (exact) mass is 483 g/mol. The average Bonchev–Trinajstić information content (AvgIpc) is 3.65. The summed E-state index contributed by atoms with van der Waals surface area (Å²) in [5.41, 5.74) is 0.777. The molecule has 0 spiro atoms. The van der Waals surface area contributed by atoms with Gasteiger partial charge in [0.25, 0.3) is 11.8 Å². The number of aliphatic hydroxyl groups excluding tert-OH is 1. The van der Waals surface area contributed by atoms with Crippen LogP contribution in [0.15, 0.2) is 60.0 Å². The SMILES string of the molecule is COc1ccccc1CN1C(=O)C(C(=O)NCC(=O)O)=C(O)N(Cc2ccccc2OC)C2OC21. The lowest BCUT2D eigenvalue weighted by Crippen LogP contribution is -2.40. The lowest BCUT2D eigenvalue weighted by molar-refractivity contribution is -0.139. The molecule has 2 atom stereocenters. The van der Waals surface area contributed by atoms with E-state index in [-0.39, 0.29) is 13.1 Å². The van der Waals surface area contributed by atoms with Gasteiger partial charge in [-0.3, -0.25) is 14.4 Å². The number of carboxylic acid groups (broad SMARTS) is 1. The fourth-order valence-corrected chi connectivity index (χ4v) is 3.98. The number of para-hydroxylation sites is 2. The zero-order valence-corrected chi connectivity index (χ0v) is 19.1. The van der Waals surface area contributed by atoms with Crippen molar-refractivity contribution in [2.45, 2.75) is 25.5 Å². The van der Waals surface area contributed by atoms with E-state index in [1.165, 1.54) is 24.0 Å². The van der Waals surface area contributed by atoms with E-state index < -0.39 is 48.2 Å². The van der Waals surface area contributed by atoms with Crippen molar-refractivity contribution < 1.29 is 38.8 Å². The van der Waals surface area contributed by atoms with Crippen LogP contribution in [0, 0.1) is 0 Å². The largest absolute Gasteiger partial charge is 0.496 e. The lowest BCUT2D eigenvalue weighted by Gasteiger charge is -2.23. The number of epoxide rings is 1.